The number of aromatic amines is 1. The summed E-state index contributed by atoms with van der Waals surface area (Å²) in [6.07, 6.45) is 5.63. The SMILES string of the molecule is O=C(CSCc1nc2sc3c(c2c(=O)[nH]1)CCC3)NCCc1ccccn1. The lowest BCUT2D eigenvalue weighted by Gasteiger charge is -2.05. The highest BCUT2D eigenvalue weighted by molar-refractivity contribution is 7.99. The highest BCUT2D eigenvalue weighted by Crippen LogP contribution is 2.34. The molecule has 0 aliphatic heterocycles. The molecule has 0 bridgehead atoms. The molecule has 0 radical (unpaired) electrons. The average molecular weight is 401 g/mol. The number of rotatable bonds is 7. The lowest BCUT2D eigenvalue weighted by molar-refractivity contribution is -0.118. The number of thioether (sulfide) groups is 1. The lowest BCUT2D eigenvalue weighted by atomic mass is 10.2. The molecule has 27 heavy (non-hydrogen) atoms. The molecular formula is C19H20N4O2S2. The zero-order valence-corrected chi connectivity index (χ0v) is 16.4. The summed E-state index contributed by atoms with van der Waals surface area (Å²) in [7, 11) is 0. The molecule has 1 aliphatic rings. The van der Waals surface area contributed by atoms with Crippen molar-refractivity contribution >= 4 is 39.2 Å². The first-order valence-corrected chi connectivity index (χ1v) is 11.0. The molecule has 3 aromatic rings. The number of thiophene rings is 1. The van der Waals surface area contributed by atoms with E-state index in [1.54, 1.807) is 17.5 Å². The maximum Gasteiger partial charge on any atom is 0.259 e. The maximum atomic E-state index is 12.4. The predicted octanol–water partition coefficient (Wildman–Crippen LogP) is 2.46. The molecule has 0 spiro atoms. The van der Waals surface area contributed by atoms with Crippen molar-refractivity contribution in [1.29, 1.82) is 0 Å². The zero-order chi connectivity index (χ0) is 18.6. The van der Waals surface area contributed by atoms with E-state index in [-0.39, 0.29) is 11.5 Å². The summed E-state index contributed by atoms with van der Waals surface area (Å²) in [6.45, 7) is 0.568. The van der Waals surface area contributed by atoms with Gasteiger partial charge in [0.15, 0.2) is 0 Å². The van der Waals surface area contributed by atoms with E-state index in [9.17, 15) is 9.59 Å². The molecule has 0 saturated heterocycles. The molecule has 0 aromatic carbocycles. The van der Waals surface area contributed by atoms with Gasteiger partial charge in [0.05, 0.1) is 16.9 Å². The molecule has 2 N–H and O–H groups in total. The van der Waals surface area contributed by atoms with Gasteiger partial charge in [-0.15, -0.1) is 23.1 Å². The van der Waals surface area contributed by atoms with Gasteiger partial charge in [0, 0.05) is 29.7 Å². The largest absolute Gasteiger partial charge is 0.355 e. The van der Waals surface area contributed by atoms with Crippen molar-refractivity contribution in [3.05, 3.63) is 56.7 Å². The third-order valence-corrected chi connectivity index (χ3v) is 6.66. The Kier molecular flexibility index (Phi) is 5.54. The van der Waals surface area contributed by atoms with Gasteiger partial charge in [0.25, 0.3) is 5.56 Å². The molecule has 0 unspecified atom stereocenters. The summed E-state index contributed by atoms with van der Waals surface area (Å²) in [4.78, 5) is 38.2. The van der Waals surface area contributed by atoms with Crippen molar-refractivity contribution < 1.29 is 4.79 Å². The van der Waals surface area contributed by atoms with E-state index < -0.39 is 0 Å². The second-order valence-corrected chi connectivity index (χ2v) is 8.53. The molecule has 6 nitrogen and oxygen atoms in total. The fourth-order valence-electron chi connectivity index (χ4n) is 3.28. The van der Waals surface area contributed by atoms with Crippen LogP contribution in [0.1, 0.15) is 28.4 Å². The van der Waals surface area contributed by atoms with E-state index in [4.69, 9.17) is 0 Å². The van der Waals surface area contributed by atoms with Gasteiger partial charge in [0.2, 0.25) is 5.91 Å². The first-order chi connectivity index (χ1) is 13.2. The lowest BCUT2D eigenvalue weighted by Crippen LogP contribution is -2.27. The Balaban J connectivity index is 1.27. The molecule has 0 atom stereocenters. The smallest absolute Gasteiger partial charge is 0.259 e. The number of nitrogens with one attached hydrogen (secondary N) is 2. The third-order valence-electron chi connectivity index (χ3n) is 4.53. The number of hydrogen-bond acceptors (Lipinski definition) is 6. The number of amides is 1. The van der Waals surface area contributed by atoms with E-state index in [1.807, 2.05) is 18.2 Å². The zero-order valence-electron chi connectivity index (χ0n) is 14.8. The molecule has 140 valence electrons. The Morgan fingerprint density at radius 1 is 1.33 bits per heavy atom. The monoisotopic (exact) mass is 400 g/mol. The first kappa shape index (κ1) is 18.2. The Morgan fingerprint density at radius 2 is 2.26 bits per heavy atom. The van der Waals surface area contributed by atoms with Crippen molar-refractivity contribution in [2.24, 2.45) is 0 Å². The number of hydrogen-bond donors (Lipinski definition) is 2. The summed E-state index contributed by atoms with van der Waals surface area (Å²) in [5.74, 6) is 1.47. The van der Waals surface area contributed by atoms with Crippen molar-refractivity contribution in [3.8, 4) is 0 Å². The van der Waals surface area contributed by atoms with Gasteiger partial charge < -0.3 is 10.3 Å². The number of aryl methyl sites for hydroxylation is 2. The Morgan fingerprint density at radius 3 is 3.11 bits per heavy atom. The summed E-state index contributed by atoms with van der Waals surface area (Å²) in [5.41, 5.74) is 2.11. The van der Waals surface area contributed by atoms with Gasteiger partial charge in [-0.2, -0.15) is 0 Å². The van der Waals surface area contributed by atoms with E-state index in [1.165, 1.54) is 22.2 Å². The van der Waals surface area contributed by atoms with Crippen LogP contribution in [0.25, 0.3) is 10.2 Å². The fourth-order valence-corrected chi connectivity index (χ4v) is 5.28. The van der Waals surface area contributed by atoms with Crippen molar-refractivity contribution in [2.75, 3.05) is 12.3 Å². The van der Waals surface area contributed by atoms with E-state index >= 15 is 0 Å². The molecule has 4 rings (SSSR count). The number of fused-ring (bicyclic) bond motifs is 3. The van der Waals surface area contributed by atoms with Crippen LogP contribution in [-0.4, -0.2) is 33.2 Å². The fraction of sp³-hybridized carbons (Fsp3) is 0.368. The third kappa shape index (κ3) is 4.22. The van der Waals surface area contributed by atoms with Crippen LogP contribution in [0.15, 0.2) is 29.2 Å². The minimum Gasteiger partial charge on any atom is -0.355 e. The number of pyridine rings is 1. The molecule has 8 heteroatoms. The normalized spacial score (nSPS) is 13.0. The summed E-state index contributed by atoms with van der Waals surface area (Å²) >= 11 is 3.09. The maximum absolute atomic E-state index is 12.4. The highest BCUT2D eigenvalue weighted by atomic mass is 32.2. The Labute approximate surface area is 164 Å². The van der Waals surface area contributed by atoms with Gasteiger partial charge >= 0.3 is 0 Å². The number of H-pyrrole nitrogens is 1. The van der Waals surface area contributed by atoms with Gasteiger partial charge in [-0.05, 0) is 37.0 Å². The van der Waals surface area contributed by atoms with Crippen molar-refractivity contribution in [1.82, 2.24) is 20.3 Å². The molecule has 0 saturated carbocycles. The second-order valence-electron chi connectivity index (χ2n) is 6.46. The molecule has 1 amide bonds. The first-order valence-electron chi connectivity index (χ1n) is 8.98. The van der Waals surface area contributed by atoms with E-state index in [0.717, 1.165) is 35.2 Å². The van der Waals surface area contributed by atoms with Crippen LogP contribution in [0.2, 0.25) is 0 Å². The molecular weight excluding hydrogens is 380 g/mol. The minimum atomic E-state index is -0.0465. The topological polar surface area (TPSA) is 87.7 Å². The number of carbonyl (C=O) groups is 1. The summed E-state index contributed by atoms with van der Waals surface area (Å²) in [6, 6.07) is 5.75. The van der Waals surface area contributed by atoms with Gasteiger partial charge in [0.1, 0.15) is 10.7 Å². The van der Waals surface area contributed by atoms with E-state index in [2.05, 4.69) is 20.3 Å². The van der Waals surface area contributed by atoms with Gasteiger partial charge in [-0.25, -0.2) is 4.98 Å². The number of carbonyl (C=O) groups excluding carboxylic acids is 1. The van der Waals surface area contributed by atoms with Crippen LogP contribution in [-0.2, 0) is 29.8 Å². The second kappa shape index (κ2) is 8.22. The number of aromatic nitrogens is 3. The van der Waals surface area contributed by atoms with Crippen LogP contribution >= 0.6 is 23.1 Å². The number of nitrogens with zero attached hydrogens (tertiary/aromatic N) is 2. The Hall–Kier alpha value is -2.19. The van der Waals surface area contributed by atoms with Gasteiger partial charge in [-0.1, -0.05) is 6.07 Å². The van der Waals surface area contributed by atoms with Crippen LogP contribution < -0.4 is 10.9 Å². The average Bonchev–Trinajstić information content (AvgIpc) is 3.23. The minimum absolute atomic E-state index is 0.0190. The highest BCUT2D eigenvalue weighted by Gasteiger charge is 2.21. The molecule has 3 heterocycles. The van der Waals surface area contributed by atoms with E-state index in [0.29, 0.717) is 30.3 Å². The van der Waals surface area contributed by atoms with Crippen LogP contribution in [0.3, 0.4) is 0 Å². The van der Waals surface area contributed by atoms with Crippen LogP contribution in [0, 0.1) is 0 Å². The molecule has 0 fully saturated rings. The predicted molar refractivity (Wildman–Crippen MR) is 109 cm³/mol. The summed E-state index contributed by atoms with van der Waals surface area (Å²) < 4.78 is 0. The quantitative estimate of drug-likeness (QED) is 0.636. The Bertz CT molecular complexity index is 1010. The van der Waals surface area contributed by atoms with Crippen molar-refractivity contribution in [3.63, 3.8) is 0 Å². The molecule has 3 aromatic heterocycles. The summed E-state index contributed by atoms with van der Waals surface area (Å²) in [5, 5.41) is 3.67. The van der Waals surface area contributed by atoms with Crippen molar-refractivity contribution in [2.45, 2.75) is 31.4 Å². The van der Waals surface area contributed by atoms with Gasteiger partial charge in [-0.3, -0.25) is 14.6 Å². The van der Waals surface area contributed by atoms with Crippen LogP contribution in [0.5, 0.6) is 0 Å². The van der Waals surface area contributed by atoms with Crippen LogP contribution in [0.4, 0.5) is 0 Å². The standard InChI is InChI=1S/C19H20N4O2S2/c24-16(21-9-7-12-4-1-2-8-20-12)11-26-10-15-22-18(25)17-13-5-3-6-14(13)27-19(17)23-15/h1-2,4,8H,3,5-7,9-11H2,(H,21,24)(H,22,23,25). The molecule has 1 aliphatic carbocycles.